The van der Waals surface area contributed by atoms with Crippen LogP contribution < -0.4 is 9.47 Å². The number of para-hydroxylation sites is 1. The molecule has 1 fully saturated rings. The number of likely N-dealkylation sites (N-methyl/N-ethyl adjacent to an activating group) is 1. The van der Waals surface area contributed by atoms with Crippen LogP contribution >= 0.6 is 0 Å². The highest BCUT2D eigenvalue weighted by Gasteiger charge is 2.22. The smallest absolute Gasteiger partial charge is 0.236 e. The molecule has 0 aromatic heterocycles. The van der Waals surface area contributed by atoms with Crippen LogP contribution in [-0.2, 0) is 11.3 Å². The second-order valence-electron chi connectivity index (χ2n) is 7.44. The highest BCUT2D eigenvalue weighted by Crippen LogP contribution is 2.19. The highest BCUT2D eigenvalue weighted by molar-refractivity contribution is 5.78. The summed E-state index contributed by atoms with van der Waals surface area (Å²) in [6, 6.07) is 17.8. The Hall–Kier alpha value is -2.53. The van der Waals surface area contributed by atoms with Gasteiger partial charge in [-0.25, -0.2) is 0 Å². The minimum absolute atomic E-state index is 0.162. The molecule has 3 rings (SSSR count). The maximum Gasteiger partial charge on any atom is 0.236 e. The molecule has 28 heavy (non-hydrogen) atoms. The average Bonchev–Trinajstić information content (AvgIpc) is 2.74. The predicted octanol–water partition coefficient (Wildman–Crippen LogP) is 3.44. The Morgan fingerprint density at radius 3 is 2.36 bits per heavy atom. The molecule has 1 heterocycles. The summed E-state index contributed by atoms with van der Waals surface area (Å²) in [5, 5.41) is 0. The maximum absolute atomic E-state index is 12.6. The third kappa shape index (κ3) is 5.99. The Morgan fingerprint density at radius 1 is 1.04 bits per heavy atom. The normalized spacial score (nSPS) is 15.2. The van der Waals surface area contributed by atoms with Crippen LogP contribution in [0.25, 0.3) is 0 Å². The summed E-state index contributed by atoms with van der Waals surface area (Å²) in [6.45, 7) is 3.75. The molecule has 0 aliphatic carbocycles. The van der Waals surface area contributed by atoms with E-state index in [0.29, 0.717) is 19.0 Å². The largest absolute Gasteiger partial charge is 0.497 e. The zero-order chi connectivity index (χ0) is 19.8. The first kappa shape index (κ1) is 20.2. The van der Waals surface area contributed by atoms with Gasteiger partial charge < -0.3 is 14.4 Å². The van der Waals surface area contributed by atoms with Gasteiger partial charge in [0.2, 0.25) is 5.91 Å². The van der Waals surface area contributed by atoms with Crippen molar-refractivity contribution in [3.05, 3.63) is 60.2 Å². The van der Waals surface area contributed by atoms with Crippen LogP contribution in [-0.4, -0.2) is 56.1 Å². The molecule has 1 aliphatic heterocycles. The molecule has 5 heteroatoms. The molecule has 0 saturated carbocycles. The summed E-state index contributed by atoms with van der Waals surface area (Å²) in [5.41, 5.74) is 1.11. The second kappa shape index (κ2) is 10.1. The van der Waals surface area contributed by atoms with Gasteiger partial charge in [0.15, 0.2) is 0 Å². The van der Waals surface area contributed by atoms with Gasteiger partial charge in [0, 0.05) is 13.6 Å². The van der Waals surface area contributed by atoms with Crippen molar-refractivity contribution in [2.45, 2.75) is 19.4 Å². The van der Waals surface area contributed by atoms with Gasteiger partial charge in [-0.15, -0.1) is 0 Å². The molecular weight excluding hydrogens is 352 g/mol. The molecule has 0 bridgehead atoms. The molecular formula is C23H30N2O3. The third-order valence-corrected chi connectivity index (χ3v) is 5.30. The third-order valence-electron chi connectivity index (χ3n) is 5.30. The van der Waals surface area contributed by atoms with E-state index in [9.17, 15) is 4.79 Å². The molecule has 1 aliphatic rings. The van der Waals surface area contributed by atoms with Crippen molar-refractivity contribution >= 4 is 5.91 Å². The number of hydrogen-bond acceptors (Lipinski definition) is 4. The minimum Gasteiger partial charge on any atom is -0.497 e. The van der Waals surface area contributed by atoms with Gasteiger partial charge in [-0.3, -0.25) is 9.69 Å². The number of ether oxygens (including phenoxy) is 2. The number of piperidine rings is 1. The summed E-state index contributed by atoms with van der Waals surface area (Å²) in [4.78, 5) is 16.6. The molecule has 150 valence electrons. The summed E-state index contributed by atoms with van der Waals surface area (Å²) < 4.78 is 11.1. The monoisotopic (exact) mass is 382 g/mol. The van der Waals surface area contributed by atoms with Crippen LogP contribution in [0.5, 0.6) is 11.5 Å². The van der Waals surface area contributed by atoms with Gasteiger partial charge in [-0.05, 0) is 61.7 Å². The molecule has 0 radical (unpaired) electrons. The number of nitrogens with zero attached hydrogens (tertiary/aromatic N) is 2. The van der Waals surface area contributed by atoms with Crippen molar-refractivity contribution in [3.8, 4) is 11.5 Å². The summed E-state index contributed by atoms with van der Waals surface area (Å²) >= 11 is 0. The van der Waals surface area contributed by atoms with E-state index in [1.807, 2.05) is 61.6 Å². The molecule has 2 aromatic rings. The van der Waals surface area contributed by atoms with E-state index in [-0.39, 0.29) is 5.91 Å². The van der Waals surface area contributed by atoms with Crippen LogP contribution in [0.15, 0.2) is 54.6 Å². The van der Waals surface area contributed by atoms with Crippen molar-refractivity contribution in [1.82, 2.24) is 9.80 Å². The maximum atomic E-state index is 12.6. The predicted molar refractivity (Wildman–Crippen MR) is 111 cm³/mol. The van der Waals surface area contributed by atoms with E-state index in [0.717, 1.165) is 49.6 Å². The number of amides is 1. The van der Waals surface area contributed by atoms with E-state index in [1.165, 1.54) is 0 Å². The van der Waals surface area contributed by atoms with E-state index in [4.69, 9.17) is 9.47 Å². The second-order valence-corrected chi connectivity index (χ2v) is 7.44. The molecule has 1 amide bonds. The van der Waals surface area contributed by atoms with Gasteiger partial charge in [-0.1, -0.05) is 30.3 Å². The van der Waals surface area contributed by atoms with Gasteiger partial charge in [0.1, 0.15) is 11.5 Å². The molecule has 0 atom stereocenters. The lowest BCUT2D eigenvalue weighted by molar-refractivity contribution is -0.132. The molecule has 0 N–H and O–H groups in total. The lowest BCUT2D eigenvalue weighted by atomic mass is 9.98. The number of hydrogen-bond donors (Lipinski definition) is 0. The first-order valence-corrected chi connectivity index (χ1v) is 9.91. The highest BCUT2D eigenvalue weighted by atomic mass is 16.5. The van der Waals surface area contributed by atoms with Gasteiger partial charge in [-0.2, -0.15) is 0 Å². The van der Waals surface area contributed by atoms with Gasteiger partial charge in [0.25, 0.3) is 0 Å². The lowest BCUT2D eigenvalue weighted by Crippen LogP contribution is -2.42. The number of likely N-dealkylation sites (tertiary alicyclic amines) is 1. The molecule has 1 saturated heterocycles. The number of rotatable bonds is 8. The summed E-state index contributed by atoms with van der Waals surface area (Å²) in [5.74, 6) is 2.48. The van der Waals surface area contributed by atoms with Crippen molar-refractivity contribution < 1.29 is 14.3 Å². The van der Waals surface area contributed by atoms with Crippen molar-refractivity contribution in [2.24, 2.45) is 5.92 Å². The fraction of sp³-hybridized carbons (Fsp3) is 0.435. The van der Waals surface area contributed by atoms with Crippen LogP contribution in [0.2, 0.25) is 0 Å². The van der Waals surface area contributed by atoms with E-state index >= 15 is 0 Å². The number of carbonyl (C=O) groups is 1. The summed E-state index contributed by atoms with van der Waals surface area (Å²) in [6.07, 6.45) is 2.14. The molecule has 0 spiro atoms. The van der Waals surface area contributed by atoms with Gasteiger partial charge in [0.05, 0.1) is 20.3 Å². The topological polar surface area (TPSA) is 42.0 Å². The van der Waals surface area contributed by atoms with E-state index in [1.54, 1.807) is 12.0 Å². The fourth-order valence-corrected chi connectivity index (χ4v) is 3.45. The van der Waals surface area contributed by atoms with Crippen molar-refractivity contribution in [3.63, 3.8) is 0 Å². The van der Waals surface area contributed by atoms with Crippen LogP contribution in [0, 0.1) is 5.92 Å². The number of carbonyl (C=O) groups excluding carboxylic acids is 1. The Bertz CT molecular complexity index is 725. The molecule has 2 aromatic carbocycles. The molecule has 0 unspecified atom stereocenters. The van der Waals surface area contributed by atoms with E-state index < -0.39 is 0 Å². The Balaban J connectivity index is 1.37. The minimum atomic E-state index is 0.162. The van der Waals surface area contributed by atoms with Gasteiger partial charge >= 0.3 is 0 Å². The number of benzene rings is 2. The zero-order valence-electron chi connectivity index (χ0n) is 16.8. The Kier molecular flexibility index (Phi) is 7.31. The summed E-state index contributed by atoms with van der Waals surface area (Å²) in [7, 11) is 3.52. The SMILES string of the molecule is COc1ccc(CN(C)C(=O)CN2CCC(COc3ccccc3)CC2)cc1. The Labute approximate surface area is 167 Å². The van der Waals surface area contributed by atoms with Crippen LogP contribution in [0.3, 0.4) is 0 Å². The van der Waals surface area contributed by atoms with Crippen LogP contribution in [0.1, 0.15) is 18.4 Å². The van der Waals surface area contributed by atoms with Crippen molar-refractivity contribution in [1.29, 1.82) is 0 Å². The lowest BCUT2D eigenvalue weighted by Gasteiger charge is -2.32. The quantitative estimate of drug-likeness (QED) is 0.701. The molecule has 5 nitrogen and oxygen atoms in total. The standard InChI is InChI=1S/C23H30N2O3/c1-24(16-19-8-10-21(27-2)11-9-19)23(26)17-25-14-12-20(13-15-25)18-28-22-6-4-3-5-7-22/h3-11,20H,12-18H2,1-2H3. The van der Waals surface area contributed by atoms with E-state index in [2.05, 4.69) is 4.90 Å². The first-order chi connectivity index (χ1) is 13.6. The first-order valence-electron chi connectivity index (χ1n) is 9.91. The Morgan fingerprint density at radius 2 is 1.71 bits per heavy atom. The van der Waals surface area contributed by atoms with Crippen molar-refractivity contribution in [2.75, 3.05) is 40.4 Å². The zero-order valence-corrected chi connectivity index (χ0v) is 16.8. The average molecular weight is 383 g/mol. The van der Waals surface area contributed by atoms with Crippen LogP contribution in [0.4, 0.5) is 0 Å². The fourth-order valence-electron chi connectivity index (χ4n) is 3.45. The number of methoxy groups -OCH3 is 1.